The maximum Gasteiger partial charge on any atom is 0.244 e. The van der Waals surface area contributed by atoms with Gasteiger partial charge in [-0.1, -0.05) is 25.8 Å². The van der Waals surface area contributed by atoms with Gasteiger partial charge in [0.25, 0.3) is 0 Å². The van der Waals surface area contributed by atoms with Crippen LogP contribution in [0.4, 0.5) is 0 Å². The minimum Gasteiger partial charge on any atom is -0.350 e. The summed E-state index contributed by atoms with van der Waals surface area (Å²) in [6.45, 7) is 12.4. The fourth-order valence-corrected chi connectivity index (χ4v) is 1.60. The Balaban J connectivity index is 0.000000791. The molecule has 1 heterocycles. The molecule has 1 aliphatic rings. The first kappa shape index (κ1) is 12.9. The maximum atomic E-state index is 11.1. The summed E-state index contributed by atoms with van der Waals surface area (Å²) in [6, 6.07) is 0.295. The summed E-state index contributed by atoms with van der Waals surface area (Å²) in [4.78, 5) is 11.1. The number of nitrogens with one attached hydrogen (secondary N) is 1. The van der Waals surface area contributed by atoms with Gasteiger partial charge < -0.3 is 5.32 Å². The number of amides is 1. The van der Waals surface area contributed by atoms with Crippen LogP contribution in [0.2, 0.25) is 0 Å². The summed E-state index contributed by atoms with van der Waals surface area (Å²) in [6.07, 6.45) is 3.93. The second-order valence-corrected chi connectivity index (χ2v) is 3.56. The number of rotatable bonds is 2. The van der Waals surface area contributed by atoms with Crippen LogP contribution in [0.3, 0.4) is 0 Å². The molecule has 0 aliphatic carbocycles. The highest BCUT2D eigenvalue weighted by Crippen LogP contribution is 2.22. The van der Waals surface area contributed by atoms with Crippen molar-refractivity contribution in [1.82, 2.24) is 5.32 Å². The number of carbonyl (C=O) groups is 1. The monoisotopic (exact) mass is 195 g/mol. The van der Waals surface area contributed by atoms with E-state index in [-0.39, 0.29) is 5.91 Å². The minimum absolute atomic E-state index is 0.0732. The summed E-state index contributed by atoms with van der Waals surface area (Å²) in [5.74, 6) is 0.576. The molecule has 0 spiro atoms. The standard InChI is InChI=1S/C10H17NO.C2H4/c1-4-5-9-6-10(12)11-8(3)7(9)2;1-2/h6-8H,4-5H2,1-3H3,(H,11,12);1-2H2. The van der Waals surface area contributed by atoms with Crippen molar-refractivity contribution < 1.29 is 4.79 Å². The van der Waals surface area contributed by atoms with E-state index >= 15 is 0 Å². The summed E-state index contributed by atoms with van der Waals surface area (Å²) in [5.41, 5.74) is 1.30. The molecule has 0 bridgehead atoms. The van der Waals surface area contributed by atoms with Crippen molar-refractivity contribution in [2.45, 2.75) is 39.7 Å². The van der Waals surface area contributed by atoms with E-state index in [0.29, 0.717) is 12.0 Å². The van der Waals surface area contributed by atoms with E-state index in [1.807, 2.05) is 0 Å². The minimum atomic E-state index is 0.0732. The molecule has 0 saturated carbocycles. The predicted octanol–water partition coefficient (Wildman–Crippen LogP) is 2.67. The lowest BCUT2D eigenvalue weighted by Gasteiger charge is -2.27. The third-order valence-corrected chi connectivity index (χ3v) is 2.56. The predicted molar refractivity (Wildman–Crippen MR) is 61.0 cm³/mol. The highest BCUT2D eigenvalue weighted by atomic mass is 16.1. The molecule has 1 rings (SSSR count). The summed E-state index contributed by atoms with van der Waals surface area (Å²) >= 11 is 0. The summed E-state index contributed by atoms with van der Waals surface area (Å²) in [5, 5.41) is 2.90. The van der Waals surface area contributed by atoms with Gasteiger partial charge in [0, 0.05) is 12.1 Å². The zero-order valence-electron chi connectivity index (χ0n) is 9.47. The smallest absolute Gasteiger partial charge is 0.244 e. The molecule has 2 nitrogen and oxygen atoms in total. The Morgan fingerprint density at radius 3 is 2.50 bits per heavy atom. The molecular formula is C12H21NO. The van der Waals surface area contributed by atoms with Crippen molar-refractivity contribution in [3.63, 3.8) is 0 Å². The SMILES string of the molecule is C=C.CCCC1=CC(=O)NC(C)C1C. The molecule has 1 aliphatic heterocycles. The first-order chi connectivity index (χ1) is 6.65. The van der Waals surface area contributed by atoms with Gasteiger partial charge in [-0.2, -0.15) is 0 Å². The van der Waals surface area contributed by atoms with Gasteiger partial charge in [0.15, 0.2) is 0 Å². The fraction of sp³-hybridized carbons (Fsp3) is 0.583. The molecule has 0 aromatic rings. The van der Waals surface area contributed by atoms with E-state index in [1.165, 1.54) is 5.57 Å². The molecule has 14 heavy (non-hydrogen) atoms. The lowest BCUT2D eigenvalue weighted by atomic mass is 9.88. The van der Waals surface area contributed by atoms with E-state index in [2.05, 4.69) is 39.2 Å². The highest BCUT2D eigenvalue weighted by molar-refractivity contribution is 5.89. The molecule has 1 N–H and O–H groups in total. The van der Waals surface area contributed by atoms with Crippen LogP contribution in [0.1, 0.15) is 33.6 Å². The van der Waals surface area contributed by atoms with Crippen LogP contribution in [0.15, 0.2) is 24.8 Å². The Bertz CT molecular complexity index is 220. The second kappa shape index (κ2) is 6.41. The molecule has 0 aromatic heterocycles. The van der Waals surface area contributed by atoms with Gasteiger partial charge in [0.05, 0.1) is 0 Å². The van der Waals surface area contributed by atoms with Gasteiger partial charge in [-0.05, 0) is 19.3 Å². The molecule has 0 radical (unpaired) electrons. The van der Waals surface area contributed by atoms with Crippen LogP contribution < -0.4 is 5.32 Å². The van der Waals surface area contributed by atoms with Crippen LogP contribution in [0.25, 0.3) is 0 Å². The lowest BCUT2D eigenvalue weighted by Crippen LogP contribution is -2.40. The molecule has 2 unspecified atom stereocenters. The fourth-order valence-electron chi connectivity index (χ4n) is 1.60. The van der Waals surface area contributed by atoms with Crippen molar-refractivity contribution in [3.05, 3.63) is 24.8 Å². The van der Waals surface area contributed by atoms with Gasteiger partial charge >= 0.3 is 0 Å². The molecule has 0 fully saturated rings. The molecular weight excluding hydrogens is 174 g/mol. The van der Waals surface area contributed by atoms with Crippen LogP contribution >= 0.6 is 0 Å². The largest absolute Gasteiger partial charge is 0.350 e. The number of hydrogen-bond acceptors (Lipinski definition) is 1. The molecule has 2 heteroatoms. The Kier molecular flexibility index (Phi) is 5.93. The second-order valence-electron chi connectivity index (χ2n) is 3.56. The number of hydrogen-bond donors (Lipinski definition) is 1. The van der Waals surface area contributed by atoms with E-state index in [1.54, 1.807) is 6.08 Å². The third-order valence-electron chi connectivity index (χ3n) is 2.56. The molecule has 0 aromatic carbocycles. The average molecular weight is 195 g/mol. The average Bonchev–Trinajstić information content (AvgIpc) is 2.17. The molecule has 1 amide bonds. The van der Waals surface area contributed by atoms with Crippen molar-refractivity contribution in [1.29, 1.82) is 0 Å². The van der Waals surface area contributed by atoms with Crippen molar-refractivity contribution >= 4 is 5.91 Å². The zero-order chi connectivity index (χ0) is 11.1. The van der Waals surface area contributed by atoms with E-state index < -0.39 is 0 Å². The molecule has 0 saturated heterocycles. The topological polar surface area (TPSA) is 29.1 Å². The van der Waals surface area contributed by atoms with Gasteiger partial charge in [-0.25, -0.2) is 0 Å². The lowest BCUT2D eigenvalue weighted by molar-refractivity contribution is -0.117. The van der Waals surface area contributed by atoms with E-state index in [9.17, 15) is 4.79 Å². The van der Waals surface area contributed by atoms with Gasteiger partial charge in [-0.15, -0.1) is 13.2 Å². The van der Waals surface area contributed by atoms with Crippen molar-refractivity contribution in [2.75, 3.05) is 0 Å². The van der Waals surface area contributed by atoms with Crippen molar-refractivity contribution in [2.24, 2.45) is 5.92 Å². The normalized spacial score (nSPS) is 25.6. The van der Waals surface area contributed by atoms with Crippen LogP contribution in [0.5, 0.6) is 0 Å². The Hall–Kier alpha value is -1.05. The van der Waals surface area contributed by atoms with Crippen LogP contribution in [-0.2, 0) is 4.79 Å². The van der Waals surface area contributed by atoms with Gasteiger partial charge in [-0.3, -0.25) is 4.79 Å². The highest BCUT2D eigenvalue weighted by Gasteiger charge is 2.22. The Morgan fingerprint density at radius 1 is 1.43 bits per heavy atom. The zero-order valence-corrected chi connectivity index (χ0v) is 9.47. The van der Waals surface area contributed by atoms with Crippen molar-refractivity contribution in [3.8, 4) is 0 Å². The van der Waals surface area contributed by atoms with E-state index in [0.717, 1.165) is 12.8 Å². The first-order valence-electron chi connectivity index (χ1n) is 5.16. The van der Waals surface area contributed by atoms with Gasteiger partial charge in [0.2, 0.25) is 5.91 Å². The van der Waals surface area contributed by atoms with Crippen LogP contribution in [-0.4, -0.2) is 11.9 Å². The Morgan fingerprint density at radius 2 is 2.00 bits per heavy atom. The Labute approximate surface area is 87.1 Å². The summed E-state index contributed by atoms with van der Waals surface area (Å²) in [7, 11) is 0. The van der Waals surface area contributed by atoms with Gasteiger partial charge in [0.1, 0.15) is 0 Å². The summed E-state index contributed by atoms with van der Waals surface area (Å²) < 4.78 is 0. The molecule has 80 valence electrons. The maximum absolute atomic E-state index is 11.1. The number of carbonyl (C=O) groups excluding carboxylic acids is 1. The molecule has 2 atom stereocenters. The van der Waals surface area contributed by atoms with E-state index in [4.69, 9.17) is 0 Å². The third kappa shape index (κ3) is 3.36. The quantitative estimate of drug-likeness (QED) is 0.674. The first-order valence-corrected chi connectivity index (χ1v) is 5.16. The van der Waals surface area contributed by atoms with Crippen LogP contribution in [0, 0.1) is 5.92 Å².